The monoisotopic (exact) mass is 460 g/mol. The molecule has 0 saturated carbocycles. The van der Waals surface area contributed by atoms with E-state index in [-0.39, 0.29) is 24.2 Å². The zero-order valence-electron chi connectivity index (χ0n) is 23.5. The standard InChI is InChI=1S/C36H24/c1-3-13-26(14-4-1)35-31-19-9-10-20-32(31)36(27-15-5-2-6-16-27)34-24-28(22-23-33(34)35)30-21-11-17-25-12-7-8-18-29(25)30/h1-24H/i2D,5D,15D,16D. The summed E-state index contributed by atoms with van der Waals surface area (Å²) in [5, 5.41) is 6.20. The van der Waals surface area contributed by atoms with E-state index in [9.17, 15) is 0 Å². The average molecular weight is 461 g/mol. The molecule has 168 valence electrons. The van der Waals surface area contributed by atoms with Crippen molar-refractivity contribution in [1.29, 1.82) is 0 Å². The lowest BCUT2D eigenvalue weighted by Crippen LogP contribution is -1.91. The summed E-state index contributed by atoms with van der Waals surface area (Å²) in [7, 11) is 0. The fraction of sp³-hybridized carbons (Fsp3) is 0. The van der Waals surface area contributed by atoms with Gasteiger partial charge in [0.1, 0.15) is 0 Å². The second-order valence-electron chi connectivity index (χ2n) is 9.01. The molecule has 0 aliphatic carbocycles. The van der Waals surface area contributed by atoms with Gasteiger partial charge in [0, 0.05) is 0 Å². The molecule has 0 heterocycles. The molecule has 0 aromatic heterocycles. The van der Waals surface area contributed by atoms with E-state index in [0.717, 1.165) is 60.1 Å². The Morgan fingerprint density at radius 1 is 0.389 bits per heavy atom. The molecule has 0 aliphatic rings. The topological polar surface area (TPSA) is 0 Å². The molecular weight excluding hydrogens is 432 g/mol. The molecule has 0 heteroatoms. The highest BCUT2D eigenvalue weighted by Gasteiger charge is 2.17. The van der Waals surface area contributed by atoms with Gasteiger partial charge in [-0.25, -0.2) is 0 Å². The second-order valence-corrected chi connectivity index (χ2v) is 9.01. The van der Waals surface area contributed by atoms with Gasteiger partial charge in [-0.3, -0.25) is 0 Å². The number of fused-ring (bicyclic) bond motifs is 3. The van der Waals surface area contributed by atoms with Gasteiger partial charge in [0.25, 0.3) is 0 Å². The van der Waals surface area contributed by atoms with Crippen molar-refractivity contribution in [3.05, 3.63) is 145 Å². The van der Waals surface area contributed by atoms with E-state index < -0.39 is 0 Å². The number of rotatable bonds is 3. The van der Waals surface area contributed by atoms with Gasteiger partial charge in [0.05, 0.1) is 5.48 Å². The first-order valence-electron chi connectivity index (χ1n) is 14.1. The Balaban J connectivity index is 1.68. The minimum absolute atomic E-state index is 0.0838. The zero-order chi connectivity index (χ0) is 27.4. The minimum Gasteiger partial charge on any atom is -0.0622 e. The molecule has 36 heavy (non-hydrogen) atoms. The van der Waals surface area contributed by atoms with E-state index >= 15 is 0 Å². The Hall–Kier alpha value is -4.68. The first kappa shape index (κ1) is 16.9. The van der Waals surface area contributed by atoms with E-state index in [0.29, 0.717) is 5.56 Å². The van der Waals surface area contributed by atoms with Gasteiger partial charge < -0.3 is 0 Å². The maximum atomic E-state index is 8.88. The summed E-state index contributed by atoms with van der Waals surface area (Å²) in [5.74, 6) is 0. The van der Waals surface area contributed by atoms with Crippen molar-refractivity contribution in [3.8, 4) is 33.4 Å². The predicted molar refractivity (Wildman–Crippen MR) is 155 cm³/mol. The summed E-state index contributed by atoms with van der Waals surface area (Å²) in [6.45, 7) is 0. The van der Waals surface area contributed by atoms with Crippen LogP contribution in [0.5, 0.6) is 0 Å². The zero-order valence-corrected chi connectivity index (χ0v) is 19.5. The van der Waals surface area contributed by atoms with Crippen molar-refractivity contribution in [2.45, 2.75) is 0 Å². The Morgan fingerprint density at radius 2 is 1.06 bits per heavy atom. The summed E-state index contributed by atoms with van der Waals surface area (Å²) >= 11 is 0. The molecular formula is C36H24. The van der Waals surface area contributed by atoms with Crippen molar-refractivity contribution < 1.29 is 5.48 Å². The largest absolute Gasteiger partial charge is 0.0629 e. The van der Waals surface area contributed by atoms with Crippen LogP contribution in [0.3, 0.4) is 0 Å². The molecule has 0 spiro atoms. The molecule has 7 rings (SSSR count). The minimum atomic E-state index is -0.166. The Bertz CT molecular complexity index is 2090. The lowest BCUT2D eigenvalue weighted by atomic mass is 9.84. The summed E-state index contributed by atoms with van der Waals surface area (Å²) in [6, 6.07) is 40.7. The van der Waals surface area contributed by atoms with E-state index in [4.69, 9.17) is 5.48 Å². The Morgan fingerprint density at radius 3 is 1.89 bits per heavy atom. The molecule has 0 aliphatic heterocycles. The summed E-state index contributed by atoms with van der Waals surface area (Å²) in [4.78, 5) is 0. The maximum absolute atomic E-state index is 8.88. The van der Waals surface area contributed by atoms with Crippen LogP contribution >= 0.6 is 0 Å². The quantitative estimate of drug-likeness (QED) is 0.230. The highest BCUT2D eigenvalue weighted by atomic mass is 14.2. The lowest BCUT2D eigenvalue weighted by molar-refractivity contribution is 1.64. The highest BCUT2D eigenvalue weighted by Crippen LogP contribution is 2.45. The summed E-state index contributed by atoms with van der Waals surface area (Å²) in [6.07, 6.45) is 0. The Kier molecular flexibility index (Phi) is 3.99. The molecule has 0 amide bonds. The molecule has 0 unspecified atom stereocenters. The normalized spacial score (nSPS) is 12.9. The molecule has 0 fully saturated rings. The molecule has 0 N–H and O–H groups in total. The van der Waals surface area contributed by atoms with Crippen LogP contribution in [0, 0.1) is 0 Å². The fourth-order valence-electron chi connectivity index (χ4n) is 5.42. The van der Waals surface area contributed by atoms with Crippen LogP contribution in [0.2, 0.25) is 0 Å². The first-order valence-corrected chi connectivity index (χ1v) is 12.1. The van der Waals surface area contributed by atoms with Gasteiger partial charge in [0.15, 0.2) is 0 Å². The first-order chi connectivity index (χ1) is 19.5. The maximum Gasteiger partial charge on any atom is 0.0629 e. The molecule has 7 aromatic rings. The number of benzene rings is 7. The highest BCUT2D eigenvalue weighted by molar-refractivity contribution is 6.22. The van der Waals surface area contributed by atoms with Crippen molar-refractivity contribution in [1.82, 2.24) is 0 Å². The Labute approximate surface area is 216 Å². The van der Waals surface area contributed by atoms with Crippen LogP contribution in [0.1, 0.15) is 5.48 Å². The molecule has 0 atom stereocenters. The lowest BCUT2D eigenvalue weighted by Gasteiger charge is -2.19. The predicted octanol–water partition coefficient (Wildman–Crippen LogP) is 10.1. The van der Waals surface area contributed by atoms with Crippen LogP contribution in [-0.2, 0) is 0 Å². The third kappa shape index (κ3) is 3.31. The van der Waals surface area contributed by atoms with Gasteiger partial charge >= 0.3 is 0 Å². The van der Waals surface area contributed by atoms with Gasteiger partial charge in [-0.05, 0) is 71.8 Å². The van der Waals surface area contributed by atoms with Crippen molar-refractivity contribution in [3.63, 3.8) is 0 Å². The summed E-state index contributed by atoms with van der Waals surface area (Å²) in [5.41, 5.74) is 5.49. The number of hydrogen-bond acceptors (Lipinski definition) is 0. The van der Waals surface area contributed by atoms with E-state index in [2.05, 4.69) is 72.8 Å². The van der Waals surface area contributed by atoms with Crippen LogP contribution in [-0.4, -0.2) is 0 Å². The molecule has 0 bridgehead atoms. The van der Waals surface area contributed by atoms with Gasteiger partial charge in [0.2, 0.25) is 0 Å². The van der Waals surface area contributed by atoms with Crippen molar-refractivity contribution in [2.24, 2.45) is 0 Å². The second kappa shape index (κ2) is 8.52. The fourth-order valence-corrected chi connectivity index (χ4v) is 5.42. The molecule has 0 radical (unpaired) electrons. The van der Waals surface area contributed by atoms with Crippen LogP contribution < -0.4 is 0 Å². The number of hydrogen-bond donors (Lipinski definition) is 0. The van der Waals surface area contributed by atoms with Crippen molar-refractivity contribution in [2.75, 3.05) is 0 Å². The smallest absolute Gasteiger partial charge is 0.0622 e. The molecule has 0 nitrogen and oxygen atoms in total. The van der Waals surface area contributed by atoms with Gasteiger partial charge in [-0.1, -0.05) is 139 Å². The average Bonchev–Trinajstić information content (AvgIpc) is 2.99. The van der Waals surface area contributed by atoms with Gasteiger partial charge in [-0.15, -0.1) is 0 Å². The van der Waals surface area contributed by atoms with Crippen molar-refractivity contribution >= 4 is 32.3 Å². The van der Waals surface area contributed by atoms with Crippen LogP contribution in [0.15, 0.2) is 145 Å². The van der Waals surface area contributed by atoms with E-state index in [1.54, 1.807) is 0 Å². The van der Waals surface area contributed by atoms with Crippen LogP contribution in [0.4, 0.5) is 0 Å². The van der Waals surface area contributed by atoms with Gasteiger partial charge in [-0.2, -0.15) is 0 Å². The van der Waals surface area contributed by atoms with E-state index in [1.807, 2.05) is 42.5 Å². The van der Waals surface area contributed by atoms with Crippen LogP contribution in [0.25, 0.3) is 65.7 Å². The molecule has 0 saturated heterocycles. The summed E-state index contributed by atoms with van der Waals surface area (Å²) < 4.78 is 34.3. The SMILES string of the molecule is [2H]c1cc([2H])c(-c2c3ccccc3c(-c3ccccc3)c3ccc(-c4cccc5ccccc45)cc23)c([2H])c1[2H]. The third-order valence-corrected chi connectivity index (χ3v) is 6.99. The molecule has 7 aromatic carbocycles. The third-order valence-electron chi connectivity index (χ3n) is 6.99. The van der Waals surface area contributed by atoms with E-state index in [1.165, 1.54) is 6.07 Å².